The van der Waals surface area contributed by atoms with Gasteiger partial charge in [-0.25, -0.2) is 0 Å². The summed E-state index contributed by atoms with van der Waals surface area (Å²) in [6, 6.07) is 15.0. The van der Waals surface area contributed by atoms with Crippen LogP contribution in [-0.2, 0) is 6.54 Å². The Morgan fingerprint density at radius 1 is 1.15 bits per heavy atom. The number of rotatable bonds is 4. The molecule has 0 aromatic heterocycles. The highest BCUT2D eigenvalue weighted by Gasteiger charge is 2.13. The molecule has 0 heterocycles. The van der Waals surface area contributed by atoms with Gasteiger partial charge in [0.05, 0.1) is 7.11 Å². The van der Waals surface area contributed by atoms with Crippen molar-refractivity contribution in [3.63, 3.8) is 0 Å². The van der Waals surface area contributed by atoms with E-state index in [9.17, 15) is 4.79 Å². The van der Waals surface area contributed by atoms with E-state index >= 15 is 0 Å². The molecule has 1 amide bonds. The lowest BCUT2D eigenvalue weighted by Gasteiger charge is -2.19. The zero-order chi connectivity index (χ0) is 14.5. The van der Waals surface area contributed by atoms with Gasteiger partial charge in [-0.1, -0.05) is 30.3 Å². The van der Waals surface area contributed by atoms with Gasteiger partial charge in [0.1, 0.15) is 5.75 Å². The SMILES string of the molecule is [CH2]c1ccc(C(=O)N(C)Cc2ccccc2OC)cc1. The third kappa shape index (κ3) is 3.18. The van der Waals surface area contributed by atoms with E-state index in [1.807, 2.05) is 36.4 Å². The number of carbonyl (C=O) groups excluding carboxylic acids is 1. The van der Waals surface area contributed by atoms with Crippen molar-refractivity contribution >= 4 is 5.91 Å². The summed E-state index contributed by atoms with van der Waals surface area (Å²) < 4.78 is 5.30. The van der Waals surface area contributed by atoms with Crippen LogP contribution < -0.4 is 4.74 Å². The lowest BCUT2D eigenvalue weighted by atomic mass is 10.1. The van der Waals surface area contributed by atoms with Crippen LogP contribution in [0.3, 0.4) is 0 Å². The Kier molecular flexibility index (Phi) is 4.41. The molecule has 0 aliphatic rings. The van der Waals surface area contributed by atoms with Gasteiger partial charge >= 0.3 is 0 Å². The smallest absolute Gasteiger partial charge is 0.253 e. The van der Waals surface area contributed by atoms with E-state index < -0.39 is 0 Å². The summed E-state index contributed by atoms with van der Waals surface area (Å²) in [5.41, 5.74) is 2.54. The maximum Gasteiger partial charge on any atom is 0.253 e. The Bertz CT molecular complexity index is 590. The van der Waals surface area contributed by atoms with Crippen molar-refractivity contribution in [2.24, 2.45) is 0 Å². The molecule has 0 saturated carbocycles. The molecule has 2 aromatic carbocycles. The van der Waals surface area contributed by atoms with Crippen molar-refractivity contribution in [1.29, 1.82) is 0 Å². The summed E-state index contributed by atoms with van der Waals surface area (Å²) in [6.07, 6.45) is 0. The lowest BCUT2D eigenvalue weighted by molar-refractivity contribution is 0.0784. The molecule has 0 fully saturated rings. The number of amides is 1. The second kappa shape index (κ2) is 6.24. The van der Waals surface area contributed by atoms with Gasteiger partial charge in [0.15, 0.2) is 0 Å². The minimum Gasteiger partial charge on any atom is -0.496 e. The first-order chi connectivity index (χ1) is 9.61. The van der Waals surface area contributed by atoms with E-state index in [2.05, 4.69) is 6.92 Å². The fourth-order valence-electron chi connectivity index (χ4n) is 2.03. The second-order valence-corrected chi connectivity index (χ2v) is 4.67. The summed E-state index contributed by atoms with van der Waals surface area (Å²) in [6.45, 7) is 4.32. The molecule has 0 saturated heterocycles. The molecule has 0 spiro atoms. The van der Waals surface area contributed by atoms with Crippen molar-refractivity contribution in [3.05, 3.63) is 72.1 Å². The molecule has 0 unspecified atom stereocenters. The fourth-order valence-corrected chi connectivity index (χ4v) is 2.03. The van der Waals surface area contributed by atoms with Gasteiger partial charge in [0.2, 0.25) is 0 Å². The highest BCUT2D eigenvalue weighted by Crippen LogP contribution is 2.19. The minimum absolute atomic E-state index is 0.0177. The van der Waals surface area contributed by atoms with Gasteiger partial charge in [0.25, 0.3) is 5.91 Å². The first kappa shape index (κ1) is 14.1. The van der Waals surface area contributed by atoms with Gasteiger partial charge in [-0.05, 0) is 30.7 Å². The predicted octanol–water partition coefficient (Wildman–Crippen LogP) is 3.15. The normalized spacial score (nSPS) is 10.2. The Balaban J connectivity index is 2.13. The molecule has 103 valence electrons. The van der Waals surface area contributed by atoms with Crippen LogP contribution in [0.5, 0.6) is 5.75 Å². The van der Waals surface area contributed by atoms with Crippen molar-refractivity contribution < 1.29 is 9.53 Å². The Hall–Kier alpha value is -2.29. The molecule has 3 nitrogen and oxygen atoms in total. The van der Waals surface area contributed by atoms with Crippen LogP contribution in [0.1, 0.15) is 21.5 Å². The van der Waals surface area contributed by atoms with E-state index in [-0.39, 0.29) is 5.91 Å². The van der Waals surface area contributed by atoms with Crippen molar-refractivity contribution in [3.8, 4) is 5.75 Å². The standard InChI is InChI=1S/C17H18NO2/c1-13-8-10-14(11-9-13)17(19)18(2)12-15-6-4-5-7-16(15)20-3/h4-11H,1,12H2,2-3H3. The highest BCUT2D eigenvalue weighted by molar-refractivity contribution is 5.94. The van der Waals surface area contributed by atoms with Gasteiger partial charge in [-0.3, -0.25) is 4.79 Å². The number of nitrogens with zero attached hydrogens (tertiary/aromatic N) is 1. The second-order valence-electron chi connectivity index (χ2n) is 4.67. The summed E-state index contributed by atoms with van der Waals surface area (Å²) in [5.74, 6) is 0.774. The topological polar surface area (TPSA) is 29.5 Å². The quantitative estimate of drug-likeness (QED) is 0.852. The zero-order valence-electron chi connectivity index (χ0n) is 11.8. The van der Waals surface area contributed by atoms with Gasteiger partial charge in [-0.15, -0.1) is 0 Å². The van der Waals surface area contributed by atoms with Crippen LogP contribution in [-0.4, -0.2) is 25.0 Å². The zero-order valence-corrected chi connectivity index (χ0v) is 11.8. The first-order valence-electron chi connectivity index (χ1n) is 6.41. The highest BCUT2D eigenvalue weighted by atomic mass is 16.5. The average Bonchev–Trinajstić information content (AvgIpc) is 2.48. The van der Waals surface area contributed by atoms with Gasteiger partial charge < -0.3 is 9.64 Å². The number of hydrogen-bond acceptors (Lipinski definition) is 2. The van der Waals surface area contributed by atoms with E-state index in [4.69, 9.17) is 4.74 Å². The molecule has 0 bridgehead atoms. The summed E-state index contributed by atoms with van der Waals surface area (Å²) in [4.78, 5) is 14.0. The monoisotopic (exact) mass is 268 g/mol. The molecule has 20 heavy (non-hydrogen) atoms. The number of ether oxygens (including phenoxy) is 1. The Morgan fingerprint density at radius 3 is 2.45 bits per heavy atom. The third-order valence-corrected chi connectivity index (χ3v) is 3.15. The van der Waals surface area contributed by atoms with Crippen LogP contribution in [0.25, 0.3) is 0 Å². The first-order valence-corrected chi connectivity index (χ1v) is 6.41. The van der Waals surface area contributed by atoms with E-state index in [1.54, 1.807) is 31.2 Å². The van der Waals surface area contributed by atoms with Gasteiger partial charge in [-0.2, -0.15) is 0 Å². The van der Waals surface area contributed by atoms with E-state index in [0.717, 1.165) is 16.9 Å². The molecular weight excluding hydrogens is 250 g/mol. The van der Waals surface area contributed by atoms with Crippen LogP contribution in [0, 0.1) is 6.92 Å². The van der Waals surface area contributed by atoms with Crippen molar-refractivity contribution in [2.45, 2.75) is 6.54 Å². The predicted molar refractivity (Wildman–Crippen MR) is 79.7 cm³/mol. The van der Waals surface area contributed by atoms with Crippen molar-refractivity contribution in [2.75, 3.05) is 14.2 Å². The molecule has 2 rings (SSSR count). The molecular formula is C17H18NO2. The van der Waals surface area contributed by atoms with E-state index in [1.165, 1.54) is 0 Å². The van der Waals surface area contributed by atoms with Crippen LogP contribution in [0.4, 0.5) is 0 Å². The maximum absolute atomic E-state index is 12.3. The van der Waals surface area contributed by atoms with Crippen LogP contribution in [0.2, 0.25) is 0 Å². The largest absolute Gasteiger partial charge is 0.496 e. The fraction of sp³-hybridized carbons (Fsp3) is 0.176. The molecule has 3 heteroatoms. The number of hydrogen-bond donors (Lipinski definition) is 0. The van der Waals surface area contributed by atoms with Crippen LogP contribution >= 0.6 is 0 Å². The molecule has 0 aliphatic heterocycles. The van der Waals surface area contributed by atoms with E-state index in [0.29, 0.717) is 12.1 Å². The summed E-state index contributed by atoms with van der Waals surface area (Å²) >= 11 is 0. The molecule has 0 N–H and O–H groups in total. The molecule has 2 aromatic rings. The number of carbonyl (C=O) groups is 1. The lowest BCUT2D eigenvalue weighted by Crippen LogP contribution is -2.26. The summed E-state index contributed by atoms with van der Waals surface area (Å²) in [5, 5.41) is 0. The molecule has 1 radical (unpaired) electrons. The number of methoxy groups -OCH3 is 1. The van der Waals surface area contributed by atoms with Crippen LogP contribution in [0.15, 0.2) is 48.5 Å². The number of benzene rings is 2. The van der Waals surface area contributed by atoms with Gasteiger partial charge in [0, 0.05) is 24.7 Å². The Morgan fingerprint density at radius 2 is 1.80 bits per heavy atom. The average molecular weight is 268 g/mol. The maximum atomic E-state index is 12.3. The van der Waals surface area contributed by atoms with Crippen molar-refractivity contribution in [1.82, 2.24) is 4.90 Å². The number of para-hydroxylation sites is 1. The molecule has 0 aliphatic carbocycles. The molecule has 0 atom stereocenters. The minimum atomic E-state index is -0.0177. The summed E-state index contributed by atoms with van der Waals surface area (Å²) in [7, 11) is 3.42. The Labute approximate surface area is 119 Å². The third-order valence-electron chi connectivity index (χ3n) is 3.15.